The van der Waals surface area contributed by atoms with Crippen LogP contribution in [0.5, 0.6) is 0 Å². The standard InChI is InChI=1S/C19H24N4O/c1-13-9-16(24-14(13)2)12-23-8-6-17-15(11-23)10-21-19(22-17)18-5-3-4-7-20-18/h9-10H,3-8,11-12H2,1-2H3. The van der Waals surface area contributed by atoms with Crippen LogP contribution in [0.2, 0.25) is 0 Å². The van der Waals surface area contributed by atoms with Crippen molar-refractivity contribution in [2.75, 3.05) is 13.1 Å². The second-order valence-corrected chi connectivity index (χ2v) is 6.86. The molecule has 2 aliphatic heterocycles. The fourth-order valence-corrected chi connectivity index (χ4v) is 3.48. The Morgan fingerprint density at radius 2 is 2.12 bits per heavy atom. The van der Waals surface area contributed by atoms with E-state index >= 15 is 0 Å². The molecular weight excluding hydrogens is 300 g/mol. The minimum atomic E-state index is 0.846. The zero-order valence-electron chi connectivity index (χ0n) is 14.5. The highest BCUT2D eigenvalue weighted by Gasteiger charge is 2.21. The van der Waals surface area contributed by atoms with E-state index in [9.17, 15) is 0 Å². The Hall–Kier alpha value is -2.01. The van der Waals surface area contributed by atoms with Gasteiger partial charge in [-0.25, -0.2) is 9.97 Å². The number of rotatable bonds is 3. The Bertz CT molecular complexity index is 758. The van der Waals surface area contributed by atoms with Crippen molar-refractivity contribution < 1.29 is 4.42 Å². The highest BCUT2D eigenvalue weighted by molar-refractivity contribution is 5.97. The van der Waals surface area contributed by atoms with Crippen LogP contribution in [-0.2, 0) is 19.5 Å². The van der Waals surface area contributed by atoms with Crippen molar-refractivity contribution in [3.05, 3.63) is 46.4 Å². The van der Waals surface area contributed by atoms with E-state index in [1.807, 2.05) is 13.1 Å². The predicted molar refractivity (Wildman–Crippen MR) is 93.3 cm³/mol. The summed E-state index contributed by atoms with van der Waals surface area (Å²) in [6.07, 6.45) is 6.38. The first-order valence-corrected chi connectivity index (χ1v) is 8.86. The summed E-state index contributed by atoms with van der Waals surface area (Å²) in [6, 6.07) is 2.14. The van der Waals surface area contributed by atoms with Crippen molar-refractivity contribution in [3.63, 3.8) is 0 Å². The minimum absolute atomic E-state index is 0.846. The third kappa shape index (κ3) is 3.13. The second-order valence-electron chi connectivity index (χ2n) is 6.86. The van der Waals surface area contributed by atoms with E-state index in [0.717, 1.165) is 62.1 Å². The van der Waals surface area contributed by atoms with Crippen LogP contribution in [0.15, 0.2) is 21.7 Å². The predicted octanol–water partition coefficient (Wildman–Crippen LogP) is 3.22. The maximum atomic E-state index is 5.81. The van der Waals surface area contributed by atoms with Gasteiger partial charge in [0.25, 0.3) is 0 Å². The summed E-state index contributed by atoms with van der Waals surface area (Å²) in [5.41, 5.74) is 4.74. The largest absolute Gasteiger partial charge is 0.465 e. The van der Waals surface area contributed by atoms with E-state index in [2.05, 4.69) is 27.9 Å². The number of hydrogen-bond acceptors (Lipinski definition) is 5. The summed E-state index contributed by atoms with van der Waals surface area (Å²) in [7, 11) is 0. The lowest BCUT2D eigenvalue weighted by molar-refractivity contribution is 0.222. The smallest absolute Gasteiger partial charge is 0.173 e. The monoisotopic (exact) mass is 324 g/mol. The summed E-state index contributed by atoms with van der Waals surface area (Å²) >= 11 is 0. The molecule has 0 amide bonds. The first kappa shape index (κ1) is 15.5. The van der Waals surface area contributed by atoms with E-state index in [0.29, 0.717) is 0 Å². The molecule has 5 nitrogen and oxygen atoms in total. The number of aromatic nitrogens is 2. The Kier molecular flexibility index (Phi) is 4.19. The topological polar surface area (TPSA) is 54.5 Å². The zero-order chi connectivity index (χ0) is 16.5. The van der Waals surface area contributed by atoms with Gasteiger partial charge in [-0.15, -0.1) is 0 Å². The quantitative estimate of drug-likeness (QED) is 0.870. The summed E-state index contributed by atoms with van der Waals surface area (Å²) in [5.74, 6) is 2.91. The van der Waals surface area contributed by atoms with Crippen molar-refractivity contribution in [3.8, 4) is 0 Å². The molecule has 0 saturated carbocycles. The molecule has 0 atom stereocenters. The molecule has 0 aromatic carbocycles. The lowest BCUT2D eigenvalue weighted by Crippen LogP contribution is -2.31. The van der Waals surface area contributed by atoms with Gasteiger partial charge >= 0.3 is 0 Å². The third-order valence-electron chi connectivity index (χ3n) is 4.99. The van der Waals surface area contributed by atoms with Crippen molar-refractivity contribution >= 4 is 5.71 Å². The zero-order valence-corrected chi connectivity index (χ0v) is 14.5. The van der Waals surface area contributed by atoms with E-state index in [4.69, 9.17) is 9.40 Å². The van der Waals surface area contributed by atoms with Crippen molar-refractivity contribution in [1.29, 1.82) is 0 Å². The van der Waals surface area contributed by atoms with Gasteiger partial charge in [0.05, 0.1) is 18.0 Å². The molecule has 0 N–H and O–H groups in total. The molecule has 0 aliphatic carbocycles. The van der Waals surface area contributed by atoms with Crippen LogP contribution in [0.4, 0.5) is 0 Å². The van der Waals surface area contributed by atoms with Crippen LogP contribution in [-0.4, -0.2) is 33.7 Å². The normalized spacial score (nSPS) is 18.3. The molecule has 4 heterocycles. The van der Waals surface area contributed by atoms with Crippen molar-refractivity contribution in [2.24, 2.45) is 4.99 Å². The summed E-state index contributed by atoms with van der Waals surface area (Å²) < 4.78 is 5.81. The summed E-state index contributed by atoms with van der Waals surface area (Å²) in [6.45, 7) is 7.79. The van der Waals surface area contributed by atoms with Gasteiger partial charge in [-0.1, -0.05) is 0 Å². The van der Waals surface area contributed by atoms with Gasteiger partial charge in [0.15, 0.2) is 5.82 Å². The molecular formula is C19H24N4O. The highest BCUT2D eigenvalue weighted by atomic mass is 16.3. The Morgan fingerprint density at radius 1 is 1.21 bits per heavy atom. The van der Waals surface area contributed by atoms with E-state index < -0.39 is 0 Å². The number of aryl methyl sites for hydroxylation is 2. The number of nitrogens with zero attached hydrogens (tertiary/aromatic N) is 4. The van der Waals surface area contributed by atoms with Gasteiger partial charge in [0, 0.05) is 37.8 Å². The van der Waals surface area contributed by atoms with Crippen LogP contribution in [0.25, 0.3) is 0 Å². The van der Waals surface area contributed by atoms with Gasteiger partial charge < -0.3 is 4.42 Å². The molecule has 0 saturated heterocycles. The summed E-state index contributed by atoms with van der Waals surface area (Å²) in [4.78, 5) is 16.4. The molecule has 0 radical (unpaired) electrons. The van der Waals surface area contributed by atoms with Crippen LogP contribution in [0, 0.1) is 13.8 Å². The van der Waals surface area contributed by atoms with Crippen LogP contribution < -0.4 is 0 Å². The first-order chi connectivity index (χ1) is 11.7. The maximum Gasteiger partial charge on any atom is 0.173 e. The molecule has 0 bridgehead atoms. The molecule has 0 unspecified atom stereocenters. The average molecular weight is 324 g/mol. The van der Waals surface area contributed by atoms with E-state index in [-0.39, 0.29) is 0 Å². The fraction of sp³-hybridized carbons (Fsp3) is 0.526. The maximum absolute atomic E-state index is 5.81. The molecule has 0 spiro atoms. The van der Waals surface area contributed by atoms with Gasteiger partial charge in [0.1, 0.15) is 11.5 Å². The highest BCUT2D eigenvalue weighted by Crippen LogP contribution is 2.21. The van der Waals surface area contributed by atoms with Gasteiger partial charge in [-0.05, 0) is 44.7 Å². The Morgan fingerprint density at radius 3 is 2.88 bits per heavy atom. The van der Waals surface area contributed by atoms with Gasteiger partial charge in [-0.3, -0.25) is 9.89 Å². The van der Waals surface area contributed by atoms with Gasteiger partial charge in [-0.2, -0.15) is 0 Å². The Labute approximate surface area is 142 Å². The van der Waals surface area contributed by atoms with Crippen LogP contribution in [0.1, 0.15) is 53.4 Å². The lowest BCUT2D eigenvalue weighted by Gasteiger charge is -2.27. The Balaban J connectivity index is 1.48. The average Bonchev–Trinajstić information content (AvgIpc) is 2.92. The summed E-state index contributed by atoms with van der Waals surface area (Å²) in [5, 5.41) is 0. The first-order valence-electron chi connectivity index (χ1n) is 8.86. The van der Waals surface area contributed by atoms with E-state index in [1.54, 1.807) is 0 Å². The third-order valence-corrected chi connectivity index (χ3v) is 4.99. The second kappa shape index (κ2) is 6.48. The molecule has 4 rings (SSSR count). The minimum Gasteiger partial charge on any atom is -0.465 e. The van der Waals surface area contributed by atoms with E-state index in [1.165, 1.54) is 29.7 Å². The number of fused-ring (bicyclic) bond motifs is 1. The number of aliphatic imine (C=N–C) groups is 1. The lowest BCUT2D eigenvalue weighted by atomic mass is 10.1. The molecule has 0 fully saturated rings. The molecule has 5 heteroatoms. The number of furan rings is 1. The molecule has 2 aromatic heterocycles. The van der Waals surface area contributed by atoms with Crippen LogP contribution >= 0.6 is 0 Å². The van der Waals surface area contributed by atoms with Gasteiger partial charge in [0.2, 0.25) is 0 Å². The van der Waals surface area contributed by atoms with Crippen LogP contribution in [0.3, 0.4) is 0 Å². The number of hydrogen-bond donors (Lipinski definition) is 0. The fourth-order valence-electron chi connectivity index (χ4n) is 3.48. The molecule has 2 aliphatic rings. The molecule has 24 heavy (non-hydrogen) atoms. The van der Waals surface area contributed by atoms with Crippen molar-refractivity contribution in [2.45, 2.75) is 52.6 Å². The SMILES string of the molecule is Cc1cc(CN2CCc3nc(C4=NCCCC4)ncc3C2)oc1C. The molecule has 126 valence electrons. The molecule has 2 aromatic rings. The van der Waals surface area contributed by atoms with Crippen molar-refractivity contribution in [1.82, 2.24) is 14.9 Å².